The second-order valence-corrected chi connectivity index (χ2v) is 8.63. The molecule has 0 aliphatic carbocycles. The Morgan fingerprint density at radius 1 is 1.07 bits per heavy atom. The Balaban J connectivity index is 1.42. The maximum absolute atomic E-state index is 13.7. The van der Waals surface area contributed by atoms with Crippen molar-refractivity contribution in [1.82, 2.24) is 20.0 Å². The molecule has 0 saturated carbocycles. The SMILES string of the molecule is O=C(c1n[nH]c2ccccc12)N1C[C@@H](c2cccc(O)c2)[C@@H]2[C@H]1C1CCN2CC1. The number of hydrogen-bond donors (Lipinski definition) is 2. The monoisotopic (exact) mass is 388 g/mol. The molecule has 4 saturated heterocycles. The summed E-state index contributed by atoms with van der Waals surface area (Å²) in [7, 11) is 0. The Morgan fingerprint density at radius 2 is 1.90 bits per heavy atom. The highest BCUT2D eigenvalue weighted by atomic mass is 16.3. The van der Waals surface area contributed by atoms with E-state index in [0.717, 1.165) is 42.4 Å². The van der Waals surface area contributed by atoms with Crippen LogP contribution in [0.5, 0.6) is 5.75 Å². The maximum Gasteiger partial charge on any atom is 0.275 e. The van der Waals surface area contributed by atoms with Gasteiger partial charge in [0.15, 0.2) is 5.69 Å². The van der Waals surface area contributed by atoms with Crippen molar-refractivity contribution >= 4 is 16.8 Å². The third-order valence-electron chi connectivity index (χ3n) is 7.23. The highest BCUT2D eigenvalue weighted by Crippen LogP contribution is 2.47. The minimum absolute atomic E-state index is 0.0221. The molecule has 6 nitrogen and oxygen atoms in total. The number of phenols is 1. The summed E-state index contributed by atoms with van der Waals surface area (Å²) in [4.78, 5) is 18.3. The minimum Gasteiger partial charge on any atom is -0.508 e. The van der Waals surface area contributed by atoms with Gasteiger partial charge in [0.05, 0.1) is 11.6 Å². The topological polar surface area (TPSA) is 72.5 Å². The van der Waals surface area contributed by atoms with Crippen molar-refractivity contribution in [3.05, 3.63) is 59.8 Å². The average Bonchev–Trinajstić information content (AvgIpc) is 3.38. The van der Waals surface area contributed by atoms with E-state index in [-0.39, 0.29) is 23.6 Å². The number of carbonyl (C=O) groups excluding carboxylic acids is 1. The first-order valence-corrected chi connectivity index (χ1v) is 10.5. The van der Waals surface area contributed by atoms with Crippen molar-refractivity contribution < 1.29 is 9.90 Å². The van der Waals surface area contributed by atoms with Crippen molar-refractivity contribution in [2.75, 3.05) is 19.6 Å². The van der Waals surface area contributed by atoms with Crippen molar-refractivity contribution in [2.24, 2.45) is 5.92 Å². The largest absolute Gasteiger partial charge is 0.508 e. The molecule has 1 amide bonds. The minimum atomic E-state index is 0.0221. The van der Waals surface area contributed by atoms with Gasteiger partial charge in [-0.25, -0.2) is 0 Å². The van der Waals surface area contributed by atoms with E-state index in [0.29, 0.717) is 24.2 Å². The van der Waals surface area contributed by atoms with Gasteiger partial charge in [0.25, 0.3) is 5.91 Å². The van der Waals surface area contributed by atoms with Crippen LogP contribution in [-0.2, 0) is 0 Å². The summed E-state index contributed by atoms with van der Waals surface area (Å²) >= 11 is 0. The molecule has 3 aromatic rings. The van der Waals surface area contributed by atoms with E-state index in [9.17, 15) is 9.90 Å². The van der Waals surface area contributed by atoms with Gasteiger partial charge in [0.2, 0.25) is 0 Å². The van der Waals surface area contributed by atoms with Gasteiger partial charge in [-0.3, -0.25) is 14.8 Å². The zero-order valence-corrected chi connectivity index (χ0v) is 16.2. The molecular weight excluding hydrogens is 364 g/mol. The Labute approximate surface area is 169 Å². The maximum atomic E-state index is 13.7. The molecule has 7 rings (SSSR count). The van der Waals surface area contributed by atoms with Gasteiger partial charge in [-0.15, -0.1) is 0 Å². The van der Waals surface area contributed by atoms with Crippen LogP contribution in [0.1, 0.15) is 34.8 Å². The van der Waals surface area contributed by atoms with Gasteiger partial charge < -0.3 is 10.0 Å². The van der Waals surface area contributed by atoms with Crippen LogP contribution in [0, 0.1) is 5.92 Å². The molecule has 0 spiro atoms. The molecule has 4 fully saturated rings. The van der Waals surface area contributed by atoms with E-state index in [4.69, 9.17) is 0 Å². The van der Waals surface area contributed by atoms with Gasteiger partial charge in [-0.05, 0) is 55.6 Å². The number of fused-ring (bicyclic) bond motifs is 3. The molecule has 2 aromatic carbocycles. The highest BCUT2D eigenvalue weighted by molar-refractivity contribution is 6.05. The van der Waals surface area contributed by atoms with Crippen LogP contribution in [0.4, 0.5) is 0 Å². The average molecular weight is 388 g/mol. The number of likely N-dealkylation sites (tertiary alicyclic amines) is 1. The van der Waals surface area contributed by atoms with E-state index < -0.39 is 0 Å². The molecule has 4 aliphatic rings. The van der Waals surface area contributed by atoms with Crippen molar-refractivity contribution in [3.63, 3.8) is 0 Å². The summed E-state index contributed by atoms with van der Waals surface area (Å²) < 4.78 is 0. The molecule has 0 radical (unpaired) electrons. The number of H-pyrrole nitrogens is 1. The molecule has 1 aromatic heterocycles. The number of aromatic amines is 1. The predicted molar refractivity (Wildman–Crippen MR) is 110 cm³/mol. The number of nitrogens with one attached hydrogen (secondary N) is 1. The standard InChI is InChI=1S/C23H24N4O2/c28-16-5-3-4-15(12-16)18-13-27(21-14-8-10-26(11-9-14)22(18)21)23(29)20-17-6-1-2-7-19(17)24-25-20/h1-7,12,14,18,21-22,28H,8-11,13H2,(H,24,25)/t18-,21+,22+/m0/s1. The number of nitrogens with zero attached hydrogens (tertiary/aromatic N) is 3. The summed E-state index contributed by atoms with van der Waals surface area (Å²) in [5.41, 5.74) is 2.53. The molecule has 29 heavy (non-hydrogen) atoms. The van der Waals surface area contributed by atoms with Gasteiger partial charge in [-0.2, -0.15) is 5.10 Å². The fourth-order valence-electron chi connectivity index (χ4n) is 5.97. The highest BCUT2D eigenvalue weighted by Gasteiger charge is 2.55. The summed E-state index contributed by atoms with van der Waals surface area (Å²) in [6.45, 7) is 2.88. The first-order chi connectivity index (χ1) is 14.2. The molecule has 2 N–H and O–H groups in total. The number of hydrogen-bond acceptors (Lipinski definition) is 4. The van der Waals surface area contributed by atoms with Crippen LogP contribution in [0.2, 0.25) is 0 Å². The molecule has 0 unspecified atom stereocenters. The lowest BCUT2D eigenvalue weighted by Crippen LogP contribution is -2.60. The van der Waals surface area contributed by atoms with Gasteiger partial charge in [0.1, 0.15) is 5.75 Å². The smallest absolute Gasteiger partial charge is 0.275 e. The predicted octanol–water partition coefficient (Wildman–Crippen LogP) is 2.97. The summed E-state index contributed by atoms with van der Waals surface area (Å²) in [6, 6.07) is 15.9. The van der Waals surface area contributed by atoms with E-state index >= 15 is 0 Å². The first-order valence-electron chi connectivity index (χ1n) is 10.5. The lowest BCUT2D eigenvalue weighted by Gasteiger charge is -2.51. The summed E-state index contributed by atoms with van der Waals surface area (Å²) in [5, 5.41) is 18.3. The quantitative estimate of drug-likeness (QED) is 0.708. The number of phenolic OH excluding ortho intramolecular Hbond substituents is 1. The van der Waals surface area contributed by atoms with Crippen LogP contribution in [-0.4, -0.2) is 62.7 Å². The second-order valence-electron chi connectivity index (χ2n) is 8.63. The third kappa shape index (κ3) is 2.52. The van der Waals surface area contributed by atoms with E-state index in [1.165, 1.54) is 0 Å². The lowest BCUT2D eigenvalue weighted by molar-refractivity contribution is -0.00353. The molecule has 148 valence electrons. The van der Waals surface area contributed by atoms with E-state index in [1.807, 2.05) is 36.4 Å². The van der Waals surface area contributed by atoms with Gasteiger partial charge >= 0.3 is 0 Å². The Kier molecular flexibility index (Phi) is 3.71. The van der Waals surface area contributed by atoms with Gasteiger partial charge in [0, 0.05) is 23.9 Å². The van der Waals surface area contributed by atoms with Crippen LogP contribution >= 0.6 is 0 Å². The summed E-state index contributed by atoms with van der Waals surface area (Å²) in [6.07, 6.45) is 2.30. The zero-order chi connectivity index (χ0) is 19.5. The molecule has 4 aliphatic heterocycles. The number of benzene rings is 2. The number of para-hydroxylation sites is 1. The van der Waals surface area contributed by atoms with Crippen molar-refractivity contribution in [1.29, 1.82) is 0 Å². The van der Waals surface area contributed by atoms with Crippen LogP contribution in [0.15, 0.2) is 48.5 Å². The fraction of sp³-hybridized carbons (Fsp3) is 0.391. The summed E-state index contributed by atoms with van der Waals surface area (Å²) in [5.74, 6) is 1.07. The van der Waals surface area contributed by atoms with Crippen LogP contribution in [0.3, 0.4) is 0 Å². The van der Waals surface area contributed by atoms with E-state index in [2.05, 4.69) is 26.1 Å². The number of carbonyl (C=O) groups is 1. The number of amides is 1. The third-order valence-corrected chi connectivity index (χ3v) is 7.23. The number of aromatic hydroxyl groups is 1. The zero-order valence-electron chi connectivity index (χ0n) is 16.2. The van der Waals surface area contributed by atoms with Crippen molar-refractivity contribution in [3.8, 4) is 5.75 Å². The molecule has 3 atom stereocenters. The Morgan fingerprint density at radius 3 is 2.72 bits per heavy atom. The number of aromatic nitrogens is 2. The van der Waals surface area contributed by atoms with Gasteiger partial charge in [-0.1, -0.05) is 30.3 Å². The van der Waals surface area contributed by atoms with E-state index in [1.54, 1.807) is 6.07 Å². The normalized spacial score (nSPS) is 30.6. The number of piperidine rings is 3. The number of rotatable bonds is 2. The Hall–Kier alpha value is -2.86. The Bertz CT molecular complexity index is 1090. The molecule has 5 heterocycles. The first kappa shape index (κ1) is 17.0. The van der Waals surface area contributed by atoms with Crippen LogP contribution in [0.25, 0.3) is 10.9 Å². The van der Waals surface area contributed by atoms with Crippen molar-refractivity contribution in [2.45, 2.75) is 30.8 Å². The van der Waals surface area contributed by atoms with Crippen LogP contribution < -0.4 is 0 Å². The lowest BCUT2D eigenvalue weighted by atomic mass is 9.75. The second kappa shape index (κ2) is 6.32. The molecular formula is C23H24N4O2. The molecule has 6 heteroatoms. The molecule has 2 bridgehead atoms. The fourth-order valence-corrected chi connectivity index (χ4v) is 5.97.